The molecule has 1 fully saturated rings. The number of rotatable bonds is 7. The van der Waals surface area contributed by atoms with Crippen molar-refractivity contribution in [1.82, 2.24) is 9.97 Å². The number of nitrogens with zero attached hydrogens (tertiary/aromatic N) is 4. The first-order chi connectivity index (χ1) is 17.0. The number of ether oxygens (including phenoxy) is 4. The van der Waals surface area contributed by atoms with Gasteiger partial charge in [0, 0.05) is 38.5 Å². The van der Waals surface area contributed by atoms with Crippen molar-refractivity contribution in [3.8, 4) is 11.5 Å². The Morgan fingerprint density at radius 3 is 2.83 bits per heavy atom. The van der Waals surface area contributed by atoms with Gasteiger partial charge < -0.3 is 29.2 Å². The summed E-state index contributed by atoms with van der Waals surface area (Å²) in [4.78, 5) is 34.4. The van der Waals surface area contributed by atoms with Crippen LogP contribution in [-0.2, 0) is 16.0 Å². The van der Waals surface area contributed by atoms with E-state index in [-0.39, 0.29) is 24.5 Å². The van der Waals surface area contributed by atoms with Gasteiger partial charge in [0.25, 0.3) is 0 Å². The van der Waals surface area contributed by atoms with Gasteiger partial charge in [0.1, 0.15) is 16.8 Å². The molecular formula is C22H23N5O7S. The van der Waals surface area contributed by atoms with Crippen LogP contribution in [0.4, 0.5) is 21.6 Å². The molecule has 0 saturated carbocycles. The van der Waals surface area contributed by atoms with Crippen molar-refractivity contribution < 1.29 is 28.7 Å². The molecule has 2 aliphatic heterocycles. The molecule has 35 heavy (non-hydrogen) atoms. The van der Waals surface area contributed by atoms with Gasteiger partial charge in [-0.25, -0.2) is 9.78 Å². The molecule has 0 atom stereocenters. The van der Waals surface area contributed by atoms with E-state index in [2.05, 4.69) is 10.3 Å². The fraction of sp³-hybridized carbons (Fsp3) is 0.409. The third-order valence-electron chi connectivity index (χ3n) is 5.69. The van der Waals surface area contributed by atoms with Gasteiger partial charge in [-0.3, -0.25) is 10.1 Å². The predicted molar refractivity (Wildman–Crippen MR) is 127 cm³/mol. The molecule has 184 valence electrons. The van der Waals surface area contributed by atoms with E-state index in [0.717, 1.165) is 16.9 Å². The lowest BCUT2D eigenvalue weighted by Gasteiger charge is -2.31. The Hall–Kier alpha value is -3.87. The molecule has 3 aromatic rings. The summed E-state index contributed by atoms with van der Waals surface area (Å²) in [6.45, 7) is 3.77. The van der Waals surface area contributed by atoms with Crippen molar-refractivity contribution in [3.63, 3.8) is 0 Å². The minimum Gasteiger partial charge on any atom is -0.454 e. The fourth-order valence-electron chi connectivity index (χ4n) is 3.96. The number of hydrogen-bond acceptors (Lipinski definition) is 12. The van der Waals surface area contributed by atoms with Crippen molar-refractivity contribution in [2.45, 2.75) is 32.4 Å². The lowest BCUT2D eigenvalue weighted by Crippen LogP contribution is -2.39. The maximum Gasteiger partial charge on any atom is 0.508 e. The maximum atomic E-state index is 11.6. The second kappa shape index (κ2) is 9.78. The summed E-state index contributed by atoms with van der Waals surface area (Å²) >= 11 is 1.01. The highest BCUT2D eigenvalue weighted by molar-refractivity contribution is 7.21. The smallest absolute Gasteiger partial charge is 0.454 e. The lowest BCUT2D eigenvalue weighted by molar-refractivity contribution is -0.380. The van der Waals surface area contributed by atoms with E-state index in [1.165, 1.54) is 6.07 Å². The van der Waals surface area contributed by atoms with Crippen LogP contribution in [-0.4, -0.2) is 53.6 Å². The molecule has 2 aliphatic rings. The van der Waals surface area contributed by atoms with Crippen LogP contribution < -0.4 is 19.7 Å². The van der Waals surface area contributed by atoms with Crippen molar-refractivity contribution in [1.29, 1.82) is 0 Å². The first kappa shape index (κ1) is 22.9. The molecule has 13 heteroatoms. The largest absolute Gasteiger partial charge is 0.508 e. The summed E-state index contributed by atoms with van der Waals surface area (Å²) in [5, 5.41) is 15.3. The number of nitrogens with one attached hydrogen (secondary N) is 1. The third kappa shape index (κ3) is 4.99. The topological polar surface area (TPSA) is 138 Å². The molecule has 0 amide bonds. The van der Waals surface area contributed by atoms with E-state index in [1.54, 1.807) is 6.92 Å². The molecule has 5 rings (SSSR count). The van der Waals surface area contributed by atoms with Crippen LogP contribution in [0.25, 0.3) is 10.2 Å². The molecule has 0 unspecified atom stereocenters. The molecule has 0 radical (unpaired) electrons. The maximum absolute atomic E-state index is 11.6. The number of nitro groups is 1. The molecule has 0 spiro atoms. The first-order valence-electron chi connectivity index (χ1n) is 11.2. The Balaban J connectivity index is 1.35. The number of carbonyl (C=O) groups excluding carboxylic acids is 1. The van der Waals surface area contributed by atoms with Gasteiger partial charge in [-0.2, -0.15) is 4.98 Å². The van der Waals surface area contributed by atoms with Crippen LogP contribution in [0.2, 0.25) is 0 Å². The second-order valence-corrected chi connectivity index (χ2v) is 8.97. The normalized spacial score (nSPS) is 15.3. The van der Waals surface area contributed by atoms with Crippen molar-refractivity contribution in [2.24, 2.45) is 0 Å². The van der Waals surface area contributed by atoms with Crippen LogP contribution in [0.5, 0.6) is 11.5 Å². The predicted octanol–water partition coefficient (Wildman–Crippen LogP) is 4.08. The number of hydrogen-bond donors (Lipinski definition) is 1. The average molecular weight is 502 g/mol. The number of aromatic nitrogens is 2. The molecule has 2 aromatic heterocycles. The SMILES string of the molecule is CCOC(=O)OC1CCN(c2nc(NCc3ccc4c(c3)OCO4)c3cc([N+](=O)[O-])sc3n2)CC1. The highest BCUT2D eigenvalue weighted by Gasteiger charge is 2.26. The minimum absolute atomic E-state index is 0.000811. The van der Waals surface area contributed by atoms with Gasteiger partial charge >= 0.3 is 11.2 Å². The van der Waals surface area contributed by atoms with Crippen molar-refractivity contribution in [2.75, 3.05) is 36.7 Å². The Bertz CT molecular complexity index is 1260. The minimum atomic E-state index is -0.662. The summed E-state index contributed by atoms with van der Waals surface area (Å²) in [5.74, 6) is 2.36. The quantitative estimate of drug-likeness (QED) is 0.285. The Morgan fingerprint density at radius 1 is 1.26 bits per heavy atom. The van der Waals surface area contributed by atoms with E-state index < -0.39 is 11.1 Å². The number of benzene rings is 1. The molecule has 4 heterocycles. The fourth-order valence-corrected chi connectivity index (χ4v) is 4.80. The van der Waals surface area contributed by atoms with Gasteiger partial charge in [-0.05, 0) is 36.0 Å². The number of fused-ring (bicyclic) bond motifs is 2. The highest BCUT2D eigenvalue weighted by Crippen LogP contribution is 2.36. The molecule has 0 bridgehead atoms. The number of carbonyl (C=O) groups is 1. The highest BCUT2D eigenvalue weighted by atomic mass is 32.1. The van der Waals surface area contributed by atoms with Gasteiger partial charge in [0.05, 0.1) is 16.9 Å². The van der Waals surface area contributed by atoms with Gasteiger partial charge in [-0.1, -0.05) is 6.07 Å². The second-order valence-electron chi connectivity index (χ2n) is 7.96. The van der Waals surface area contributed by atoms with Crippen LogP contribution in [0, 0.1) is 10.1 Å². The van der Waals surface area contributed by atoms with Crippen LogP contribution >= 0.6 is 11.3 Å². The van der Waals surface area contributed by atoms with Gasteiger partial charge in [-0.15, -0.1) is 0 Å². The summed E-state index contributed by atoms with van der Waals surface area (Å²) in [6, 6.07) is 7.15. The van der Waals surface area contributed by atoms with E-state index >= 15 is 0 Å². The summed E-state index contributed by atoms with van der Waals surface area (Å²) in [6.07, 6.45) is 0.306. The zero-order valence-corrected chi connectivity index (χ0v) is 19.7. The molecule has 0 aliphatic carbocycles. The summed E-state index contributed by atoms with van der Waals surface area (Å²) < 4.78 is 21.0. The van der Waals surface area contributed by atoms with E-state index in [4.69, 9.17) is 23.9 Å². The summed E-state index contributed by atoms with van der Waals surface area (Å²) in [5.41, 5.74) is 0.948. The van der Waals surface area contributed by atoms with E-state index in [9.17, 15) is 14.9 Å². The Labute approximate surface area is 203 Å². The third-order valence-corrected chi connectivity index (χ3v) is 6.68. The molecule has 1 N–H and O–H groups in total. The molecule has 1 saturated heterocycles. The van der Waals surface area contributed by atoms with Crippen molar-refractivity contribution >= 4 is 44.5 Å². The molecule has 12 nitrogen and oxygen atoms in total. The summed E-state index contributed by atoms with van der Waals surface area (Å²) in [7, 11) is 0. The lowest BCUT2D eigenvalue weighted by atomic mass is 10.1. The van der Waals surface area contributed by atoms with Gasteiger partial charge in [0.2, 0.25) is 12.7 Å². The number of thiophene rings is 1. The van der Waals surface area contributed by atoms with Crippen LogP contribution in [0.3, 0.4) is 0 Å². The van der Waals surface area contributed by atoms with E-state index in [1.807, 2.05) is 23.1 Å². The Morgan fingerprint density at radius 2 is 2.06 bits per heavy atom. The van der Waals surface area contributed by atoms with Crippen LogP contribution in [0.15, 0.2) is 24.3 Å². The average Bonchev–Trinajstić information content (AvgIpc) is 3.50. The standard InChI is InChI=1S/C22H23N5O7S/c1-2-31-22(28)34-14-5-7-26(8-6-14)21-24-19(15-10-18(27(29)30)35-20(15)25-21)23-11-13-3-4-16-17(9-13)33-12-32-16/h3-4,9-10,14H,2,5-8,11-12H2,1H3,(H,23,24,25). The molecule has 1 aromatic carbocycles. The number of piperidine rings is 1. The van der Waals surface area contributed by atoms with Crippen molar-refractivity contribution in [3.05, 3.63) is 39.9 Å². The number of anilines is 2. The van der Waals surface area contributed by atoms with E-state index in [0.29, 0.717) is 66.0 Å². The monoisotopic (exact) mass is 501 g/mol. The zero-order chi connectivity index (χ0) is 24.4. The Kier molecular flexibility index (Phi) is 6.40. The first-order valence-corrected chi connectivity index (χ1v) is 12.0. The molecular weight excluding hydrogens is 478 g/mol. The van der Waals surface area contributed by atoms with Crippen LogP contribution in [0.1, 0.15) is 25.3 Å². The van der Waals surface area contributed by atoms with Gasteiger partial charge in [0.15, 0.2) is 11.5 Å². The zero-order valence-electron chi connectivity index (χ0n) is 18.9.